The van der Waals surface area contributed by atoms with Gasteiger partial charge < -0.3 is 10.3 Å². The van der Waals surface area contributed by atoms with Gasteiger partial charge in [0.1, 0.15) is 0 Å². The summed E-state index contributed by atoms with van der Waals surface area (Å²) in [6.45, 7) is 6.88. The number of carbonyl (C=O) groups excluding carboxylic acids is 1. The maximum atomic E-state index is 11.5. The molecule has 0 bridgehead atoms. The van der Waals surface area contributed by atoms with Gasteiger partial charge in [0.25, 0.3) is 0 Å². The van der Waals surface area contributed by atoms with Crippen molar-refractivity contribution in [2.45, 2.75) is 33.2 Å². The zero-order valence-electron chi connectivity index (χ0n) is 8.84. The van der Waals surface area contributed by atoms with Crippen molar-refractivity contribution in [1.82, 2.24) is 5.16 Å². The Morgan fingerprint density at radius 2 is 2.07 bits per heavy atom. The summed E-state index contributed by atoms with van der Waals surface area (Å²) >= 11 is 0. The van der Waals surface area contributed by atoms with Crippen LogP contribution in [0, 0.1) is 13.8 Å². The maximum Gasteiger partial charge on any atom is 0.246 e. The number of carbonyl (C=O) groups is 1. The molecule has 0 aromatic carbocycles. The van der Waals surface area contributed by atoms with Crippen LogP contribution in [-0.2, 0) is 4.79 Å². The van der Waals surface area contributed by atoms with Crippen LogP contribution in [0.3, 0.4) is 0 Å². The number of aromatic nitrogens is 1. The van der Waals surface area contributed by atoms with E-state index in [2.05, 4.69) is 10.5 Å². The number of hydrogen-bond acceptors (Lipinski definition) is 4. The van der Waals surface area contributed by atoms with Crippen LogP contribution in [0.5, 0.6) is 0 Å². The molecule has 3 N–H and O–H groups in total. The monoisotopic (exact) mass is 197 g/mol. The van der Waals surface area contributed by atoms with Gasteiger partial charge in [-0.2, -0.15) is 0 Å². The summed E-state index contributed by atoms with van der Waals surface area (Å²) in [7, 11) is 0. The van der Waals surface area contributed by atoms with E-state index in [0.717, 1.165) is 11.3 Å². The summed E-state index contributed by atoms with van der Waals surface area (Å²) in [5, 5.41) is 6.30. The lowest BCUT2D eigenvalue weighted by Crippen LogP contribution is -2.45. The SMILES string of the molecule is Cc1noc(NC(=O)C(C)(C)N)c1C. The van der Waals surface area contributed by atoms with Gasteiger partial charge >= 0.3 is 0 Å². The molecule has 78 valence electrons. The quantitative estimate of drug-likeness (QED) is 0.740. The number of anilines is 1. The van der Waals surface area contributed by atoms with Crippen LogP contribution in [0.25, 0.3) is 0 Å². The van der Waals surface area contributed by atoms with Crippen molar-refractivity contribution < 1.29 is 9.32 Å². The largest absolute Gasteiger partial charge is 0.338 e. The van der Waals surface area contributed by atoms with Gasteiger partial charge in [-0.1, -0.05) is 5.16 Å². The lowest BCUT2D eigenvalue weighted by atomic mass is 10.1. The molecule has 0 aliphatic carbocycles. The molecule has 0 aliphatic rings. The Kier molecular flexibility index (Phi) is 2.62. The third kappa shape index (κ3) is 2.11. The van der Waals surface area contributed by atoms with Crippen molar-refractivity contribution >= 4 is 11.8 Å². The fourth-order valence-corrected chi connectivity index (χ4v) is 0.796. The molecule has 1 amide bonds. The number of rotatable bonds is 2. The molecule has 1 rings (SSSR count). The van der Waals surface area contributed by atoms with E-state index in [-0.39, 0.29) is 5.91 Å². The summed E-state index contributed by atoms with van der Waals surface area (Å²) in [5.74, 6) is 0.0720. The lowest BCUT2D eigenvalue weighted by molar-refractivity contribution is -0.120. The molecular weight excluding hydrogens is 182 g/mol. The van der Waals surface area contributed by atoms with Gasteiger partial charge in [-0.15, -0.1) is 0 Å². The van der Waals surface area contributed by atoms with E-state index in [4.69, 9.17) is 10.3 Å². The molecule has 0 spiro atoms. The van der Waals surface area contributed by atoms with Crippen molar-refractivity contribution in [3.05, 3.63) is 11.3 Å². The first-order valence-corrected chi connectivity index (χ1v) is 4.35. The molecule has 0 unspecified atom stereocenters. The summed E-state index contributed by atoms with van der Waals surface area (Å²) in [6.07, 6.45) is 0. The molecule has 0 atom stereocenters. The fraction of sp³-hybridized carbons (Fsp3) is 0.556. The van der Waals surface area contributed by atoms with Crippen LogP contribution < -0.4 is 11.1 Å². The third-order valence-electron chi connectivity index (χ3n) is 1.97. The molecule has 0 saturated heterocycles. The lowest BCUT2D eigenvalue weighted by Gasteiger charge is -2.16. The van der Waals surface area contributed by atoms with Crippen LogP contribution >= 0.6 is 0 Å². The van der Waals surface area contributed by atoms with Gasteiger partial charge in [-0.25, -0.2) is 0 Å². The van der Waals surface area contributed by atoms with E-state index >= 15 is 0 Å². The van der Waals surface area contributed by atoms with Gasteiger partial charge in [-0.3, -0.25) is 10.1 Å². The highest BCUT2D eigenvalue weighted by Gasteiger charge is 2.24. The Morgan fingerprint density at radius 3 is 2.43 bits per heavy atom. The second-order valence-electron chi connectivity index (χ2n) is 3.90. The molecule has 5 nitrogen and oxygen atoms in total. The highest BCUT2D eigenvalue weighted by molar-refractivity contribution is 5.96. The molecule has 1 heterocycles. The number of nitrogens with two attached hydrogens (primary N) is 1. The summed E-state index contributed by atoms with van der Waals surface area (Å²) in [5.41, 5.74) is 6.27. The molecular formula is C9H15N3O2. The predicted molar refractivity (Wildman–Crippen MR) is 52.9 cm³/mol. The summed E-state index contributed by atoms with van der Waals surface area (Å²) in [6, 6.07) is 0. The number of nitrogens with one attached hydrogen (secondary N) is 1. The number of hydrogen-bond donors (Lipinski definition) is 2. The predicted octanol–water partition coefficient (Wildman–Crippen LogP) is 0.967. The van der Waals surface area contributed by atoms with Crippen molar-refractivity contribution in [1.29, 1.82) is 0 Å². The third-order valence-corrected chi connectivity index (χ3v) is 1.97. The van der Waals surface area contributed by atoms with Crippen LogP contribution in [0.1, 0.15) is 25.1 Å². The van der Waals surface area contributed by atoms with Gasteiger partial charge in [-0.05, 0) is 27.7 Å². The summed E-state index contributed by atoms with van der Waals surface area (Å²) < 4.78 is 4.92. The zero-order chi connectivity index (χ0) is 10.9. The minimum Gasteiger partial charge on any atom is -0.338 e. The van der Waals surface area contributed by atoms with Crippen LogP contribution in [0.2, 0.25) is 0 Å². The minimum atomic E-state index is -0.923. The average Bonchev–Trinajstić information content (AvgIpc) is 2.34. The van der Waals surface area contributed by atoms with Gasteiger partial charge in [0.2, 0.25) is 11.8 Å². The first-order valence-electron chi connectivity index (χ1n) is 4.35. The number of amides is 1. The van der Waals surface area contributed by atoms with Crippen LogP contribution in [0.4, 0.5) is 5.88 Å². The maximum absolute atomic E-state index is 11.5. The van der Waals surface area contributed by atoms with E-state index in [1.54, 1.807) is 13.8 Å². The Hall–Kier alpha value is -1.36. The van der Waals surface area contributed by atoms with Crippen molar-refractivity contribution in [2.24, 2.45) is 5.73 Å². The molecule has 1 aromatic rings. The average molecular weight is 197 g/mol. The standard InChI is InChI=1S/C9H15N3O2/c1-5-6(2)12-14-7(5)11-8(13)9(3,4)10/h10H2,1-4H3,(H,11,13). The highest BCUT2D eigenvalue weighted by Crippen LogP contribution is 2.18. The smallest absolute Gasteiger partial charge is 0.246 e. The van der Waals surface area contributed by atoms with Crippen LogP contribution in [-0.4, -0.2) is 16.6 Å². The molecule has 0 radical (unpaired) electrons. The highest BCUT2D eigenvalue weighted by atomic mass is 16.5. The normalized spacial score (nSPS) is 11.5. The van der Waals surface area contributed by atoms with E-state index in [1.165, 1.54) is 0 Å². The van der Waals surface area contributed by atoms with Gasteiger partial charge in [0.05, 0.1) is 11.2 Å². The Balaban J connectivity index is 2.80. The molecule has 14 heavy (non-hydrogen) atoms. The molecule has 0 fully saturated rings. The zero-order valence-corrected chi connectivity index (χ0v) is 8.84. The summed E-state index contributed by atoms with van der Waals surface area (Å²) in [4.78, 5) is 11.5. The molecule has 5 heteroatoms. The molecule has 0 saturated carbocycles. The Morgan fingerprint density at radius 1 is 1.50 bits per heavy atom. The van der Waals surface area contributed by atoms with E-state index < -0.39 is 5.54 Å². The fourth-order valence-electron chi connectivity index (χ4n) is 0.796. The number of nitrogens with zero attached hydrogens (tertiary/aromatic N) is 1. The molecule has 1 aromatic heterocycles. The molecule has 0 aliphatic heterocycles. The Bertz CT molecular complexity index is 349. The van der Waals surface area contributed by atoms with Crippen molar-refractivity contribution in [2.75, 3.05) is 5.32 Å². The van der Waals surface area contributed by atoms with E-state index in [9.17, 15) is 4.79 Å². The van der Waals surface area contributed by atoms with Crippen LogP contribution in [0.15, 0.2) is 4.52 Å². The number of aryl methyl sites for hydroxylation is 1. The van der Waals surface area contributed by atoms with Gasteiger partial charge in [0, 0.05) is 5.56 Å². The minimum absolute atomic E-state index is 0.295. The van der Waals surface area contributed by atoms with E-state index in [1.807, 2.05) is 13.8 Å². The van der Waals surface area contributed by atoms with E-state index in [0.29, 0.717) is 5.88 Å². The Labute approximate surface area is 82.6 Å². The van der Waals surface area contributed by atoms with Crippen molar-refractivity contribution in [3.8, 4) is 0 Å². The van der Waals surface area contributed by atoms with Crippen molar-refractivity contribution in [3.63, 3.8) is 0 Å². The first kappa shape index (κ1) is 10.7. The topological polar surface area (TPSA) is 81.2 Å². The van der Waals surface area contributed by atoms with Gasteiger partial charge in [0.15, 0.2) is 0 Å². The second-order valence-corrected chi connectivity index (χ2v) is 3.90. The second kappa shape index (κ2) is 3.42. The first-order chi connectivity index (χ1) is 6.32.